The lowest BCUT2D eigenvalue weighted by atomic mass is 10.1. The van der Waals surface area contributed by atoms with Gasteiger partial charge in [0.15, 0.2) is 11.5 Å². The van der Waals surface area contributed by atoms with Gasteiger partial charge < -0.3 is 15.2 Å². The van der Waals surface area contributed by atoms with Crippen molar-refractivity contribution in [3.63, 3.8) is 0 Å². The van der Waals surface area contributed by atoms with Crippen LogP contribution < -0.4 is 15.2 Å². The Balaban J connectivity index is 2.46. The Hall–Kier alpha value is -2.48. The molecule has 0 aliphatic rings. The molecule has 0 unspecified atom stereocenters. The molecule has 1 rings (SSSR count). The fraction of sp³-hybridized carbons (Fsp3) is 0.524. The number of nitrogens with zero attached hydrogens (tertiary/aromatic N) is 1. The van der Waals surface area contributed by atoms with Crippen LogP contribution in [0.25, 0.3) is 6.08 Å². The number of ether oxygens (including phenoxy) is 2. The van der Waals surface area contributed by atoms with Crippen LogP contribution in [-0.2, 0) is 4.79 Å². The van der Waals surface area contributed by atoms with Crippen molar-refractivity contribution in [3.8, 4) is 17.6 Å². The molecule has 1 aromatic rings. The zero-order valence-corrected chi connectivity index (χ0v) is 15.9. The maximum Gasteiger partial charge on any atom is 0.259 e. The SMILES string of the molecule is CCCCCCCCCCOc1ccc(/C=C(\C#N)C(N)=O)cc1OC. The minimum absolute atomic E-state index is 0.0975. The molecule has 0 saturated carbocycles. The normalized spacial score (nSPS) is 11.0. The molecule has 0 heterocycles. The summed E-state index contributed by atoms with van der Waals surface area (Å²) in [5.41, 5.74) is 5.72. The Morgan fingerprint density at radius 1 is 1.12 bits per heavy atom. The number of carbonyl (C=O) groups excluding carboxylic acids is 1. The third kappa shape index (κ3) is 8.06. The quantitative estimate of drug-likeness (QED) is 0.317. The van der Waals surface area contributed by atoms with Gasteiger partial charge in [-0.25, -0.2) is 0 Å². The molecule has 26 heavy (non-hydrogen) atoms. The maximum atomic E-state index is 11.1. The van der Waals surface area contributed by atoms with Crippen LogP contribution in [0.4, 0.5) is 0 Å². The number of primary amides is 1. The molecule has 0 aliphatic heterocycles. The first-order valence-electron chi connectivity index (χ1n) is 9.34. The lowest BCUT2D eigenvalue weighted by molar-refractivity contribution is -0.114. The molecule has 0 fully saturated rings. The van der Waals surface area contributed by atoms with Crippen LogP contribution in [0.15, 0.2) is 23.8 Å². The van der Waals surface area contributed by atoms with Gasteiger partial charge in [0.25, 0.3) is 5.91 Å². The Bertz CT molecular complexity index is 633. The van der Waals surface area contributed by atoms with Crippen molar-refractivity contribution >= 4 is 12.0 Å². The number of unbranched alkanes of at least 4 members (excludes halogenated alkanes) is 7. The summed E-state index contributed by atoms with van der Waals surface area (Å²) in [6.07, 6.45) is 11.4. The lowest BCUT2D eigenvalue weighted by Gasteiger charge is -2.11. The van der Waals surface area contributed by atoms with Gasteiger partial charge in [-0.15, -0.1) is 0 Å². The average molecular weight is 358 g/mol. The van der Waals surface area contributed by atoms with Crippen LogP contribution in [-0.4, -0.2) is 19.6 Å². The van der Waals surface area contributed by atoms with Gasteiger partial charge in [0.05, 0.1) is 13.7 Å². The highest BCUT2D eigenvalue weighted by Crippen LogP contribution is 2.29. The number of rotatable bonds is 13. The minimum atomic E-state index is -0.749. The average Bonchev–Trinajstić information content (AvgIpc) is 2.65. The Kier molecular flexibility index (Phi) is 10.6. The van der Waals surface area contributed by atoms with Gasteiger partial charge in [-0.2, -0.15) is 5.26 Å². The molecule has 5 heteroatoms. The van der Waals surface area contributed by atoms with E-state index < -0.39 is 5.91 Å². The zero-order valence-electron chi connectivity index (χ0n) is 15.9. The molecule has 5 nitrogen and oxygen atoms in total. The predicted octanol–water partition coefficient (Wildman–Crippen LogP) is 4.61. The van der Waals surface area contributed by atoms with Crippen molar-refractivity contribution in [1.82, 2.24) is 0 Å². The fourth-order valence-corrected chi connectivity index (χ4v) is 2.64. The molecule has 0 aromatic heterocycles. The largest absolute Gasteiger partial charge is 0.493 e. The van der Waals surface area contributed by atoms with Gasteiger partial charge in [0.1, 0.15) is 11.6 Å². The molecule has 0 radical (unpaired) electrons. The second-order valence-electron chi connectivity index (χ2n) is 6.27. The summed E-state index contributed by atoms with van der Waals surface area (Å²) in [6.45, 7) is 2.87. The van der Waals surface area contributed by atoms with Crippen LogP contribution in [0.3, 0.4) is 0 Å². The molecular weight excluding hydrogens is 328 g/mol. The van der Waals surface area contributed by atoms with Gasteiger partial charge >= 0.3 is 0 Å². The summed E-state index contributed by atoms with van der Waals surface area (Å²) in [4.78, 5) is 11.1. The number of hydrogen-bond acceptors (Lipinski definition) is 4. The molecule has 1 amide bonds. The first-order valence-corrected chi connectivity index (χ1v) is 9.34. The summed E-state index contributed by atoms with van der Waals surface area (Å²) in [6, 6.07) is 7.06. The van der Waals surface area contributed by atoms with Crippen LogP contribution >= 0.6 is 0 Å². The van der Waals surface area contributed by atoms with Crippen molar-refractivity contribution in [2.45, 2.75) is 58.3 Å². The van der Waals surface area contributed by atoms with Crippen molar-refractivity contribution < 1.29 is 14.3 Å². The van der Waals surface area contributed by atoms with E-state index >= 15 is 0 Å². The van der Waals surface area contributed by atoms with Gasteiger partial charge in [0, 0.05) is 0 Å². The number of methoxy groups -OCH3 is 1. The second kappa shape index (κ2) is 12.8. The number of nitrogens with two attached hydrogens (primary N) is 1. The van der Waals surface area contributed by atoms with Gasteiger partial charge in [-0.1, -0.05) is 57.9 Å². The topological polar surface area (TPSA) is 85.3 Å². The van der Waals surface area contributed by atoms with Crippen molar-refractivity contribution in [1.29, 1.82) is 5.26 Å². The van der Waals surface area contributed by atoms with E-state index in [2.05, 4.69) is 6.92 Å². The Morgan fingerprint density at radius 2 is 1.77 bits per heavy atom. The predicted molar refractivity (Wildman–Crippen MR) is 104 cm³/mol. The minimum Gasteiger partial charge on any atom is -0.493 e. The third-order valence-corrected chi connectivity index (χ3v) is 4.14. The van der Waals surface area contributed by atoms with E-state index in [-0.39, 0.29) is 5.57 Å². The summed E-state index contributed by atoms with van der Waals surface area (Å²) in [5.74, 6) is 0.478. The van der Waals surface area contributed by atoms with Crippen LogP contribution in [0, 0.1) is 11.3 Å². The number of carbonyl (C=O) groups is 1. The monoisotopic (exact) mass is 358 g/mol. The van der Waals surface area contributed by atoms with Gasteiger partial charge in [0.2, 0.25) is 0 Å². The highest BCUT2D eigenvalue weighted by atomic mass is 16.5. The second-order valence-corrected chi connectivity index (χ2v) is 6.27. The van der Waals surface area contributed by atoms with Crippen LogP contribution in [0.5, 0.6) is 11.5 Å². The van der Waals surface area contributed by atoms with E-state index in [1.165, 1.54) is 51.0 Å². The van der Waals surface area contributed by atoms with E-state index in [0.717, 1.165) is 6.42 Å². The Morgan fingerprint density at radius 3 is 2.35 bits per heavy atom. The smallest absolute Gasteiger partial charge is 0.259 e. The summed E-state index contributed by atoms with van der Waals surface area (Å²) in [7, 11) is 1.56. The van der Waals surface area contributed by atoms with E-state index in [1.807, 2.05) is 0 Å². The van der Waals surface area contributed by atoms with Gasteiger partial charge in [-0.3, -0.25) is 4.79 Å². The highest BCUT2D eigenvalue weighted by Gasteiger charge is 2.08. The molecule has 0 aliphatic carbocycles. The van der Waals surface area contributed by atoms with Crippen molar-refractivity contribution in [2.75, 3.05) is 13.7 Å². The van der Waals surface area contributed by atoms with Gasteiger partial charge in [-0.05, 0) is 30.2 Å². The molecule has 142 valence electrons. The molecular formula is C21H30N2O3. The molecule has 0 bridgehead atoms. The van der Waals surface area contributed by atoms with Crippen molar-refractivity contribution in [3.05, 3.63) is 29.3 Å². The molecule has 1 aromatic carbocycles. The van der Waals surface area contributed by atoms with E-state index in [4.69, 9.17) is 20.5 Å². The molecule has 0 spiro atoms. The molecule has 0 atom stereocenters. The number of hydrogen-bond donors (Lipinski definition) is 1. The molecule has 2 N–H and O–H groups in total. The summed E-state index contributed by atoms with van der Waals surface area (Å²) < 4.78 is 11.1. The number of amides is 1. The number of nitriles is 1. The standard InChI is InChI=1S/C21H30N2O3/c1-3-4-5-6-7-8-9-10-13-26-19-12-11-17(15-20(19)25-2)14-18(16-22)21(23)24/h11-12,14-15H,3-10,13H2,1-2H3,(H2,23,24)/b18-14+. The molecule has 0 saturated heterocycles. The maximum absolute atomic E-state index is 11.1. The van der Waals surface area contributed by atoms with E-state index in [0.29, 0.717) is 23.7 Å². The van der Waals surface area contributed by atoms with Crippen LogP contribution in [0.2, 0.25) is 0 Å². The fourth-order valence-electron chi connectivity index (χ4n) is 2.64. The van der Waals surface area contributed by atoms with Crippen molar-refractivity contribution in [2.24, 2.45) is 5.73 Å². The Labute approximate surface area is 156 Å². The first kappa shape index (κ1) is 21.6. The highest BCUT2D eigenvalue weighted by molar-refractivity contribution is 6.00. The third-order valence-electron chi connectivity index (χ3n) is 4.14. The first-order chi connectivity index (χ1) is 12.6. The van der Waals surface area contributed by atoms with E-state index in [9.17, 15) is 4.79 Å². The van der Waals surface area contributed by atoms with Crippen LogP contribution in [0.1, 0.15) is 63.9 Å². The number of benzene rings is 1. The van der Waals surface area contributed by atoms with E-state index in [1.54, 1.807) is 31.4 Å². The zero-order chi connectivity index (χ0) is 19.2. The summed E-state index contributed by atoms with van der Waals surface area (Å²) >= 11 is 0. The summed E-state index contributed by atoms with van der Waals surface area (Å²) in [5, 5.41) is 8.91. The lowest BCUT2D eigenvalue weighted by Crippen LogP contribution is -2.12.